The number of hydrogen-bond donors (Lipinski definition) is 2. The van der Waals surface area contributed by atoms with Crippen LogP contribution >= 0.6 is 0 Å². The van der Waals surface area contributed by atoms with Crippen molar-refractivity contribution < 1.29 is 9.53 Å². The first-order valence-corrected chi connectivity index (χ1v) is 6.76. The molecule has 0 aliphatic heterocycles. The number of pyridine rings is 1. The largest absolute Gasteiger partial charge is 0.383 e. The fourth-order valence-corrected chi connectivity index (χ4v) is 1.84. The molecule has 2 aromatic rings. The van der Waals surface area contributed by atoms with E-state index in [0.717, 1.165) is 11.4 Å². The number of nitrogens with zero attached hydrogens (tertiary/aromatic N) is 1. The van der Waals surface area contributed by atoms with E-state index >= 15 is 0 Å². The quantitative estimate of drug-likeness (QED) is 0.801. The van der Waals surface area contributed by atoms with Gasteiger partial charge in [-0.15, -0.1) is 0 Å². The van der Waals surface area contributed by atoms with E-state index in [0.29, 0.717) is 24.4 Å². The van der Waals surface area contributed by atoms with Crippen molar-refractivity contribution in [2.75, 3.05) is 30.9 Å². The van der Waals surface area contributed by atoms with E-state index in [9.17, 15) is 4.79 Å². The molecular weight excluding hydrogens is 266 g/mol. The molecular formula is C16H19N3O2. The van der Waals surface area contributed by atoms with Crippen LogP contribution in [0.5, 0.6) is 0 Å². The number of ether oxygens (including phenoxy) is 1. The smallest absolute Gasteiger partial charge is 0.255 e. The highest BCUT2D eigenvalue weighted by Gasteiger charge is 2.06. The second kappa shape index (κ2) is 7.40. The zero-order valence-corrected chi connectivity index (χ0v) is 12.2. The first kappa shape index (κ1) is 15.0. The monoisotopic (exact) mass is 285 g/mol. The molecule has 0 aliphatic carbocycles. The van der Waals surface area contributed by atoms with Crippen molar-refractivity contribution in [1.29, 1.82) is 0 Å². The summed E-state index contributed by atoms with van der Waals surface area (Å²) in [6.45, 7) is 3.27. The van der Waals surface area contributed by atoms with Gasteiger partial charge in [-0.2, -0.15) is 0 Å². The van der Waals surface area contributed by atoms with E-state index in [2.05, 4.69) is 15.6 Å². The summed E-state index contributed by atoms with van der Waals surface area (Å²) in [6, 6.07) is 11.1. The zero-order chi connectivity index (χ0) is 15.1. The Morgan fingerprint density at radius 2 is 2.14 bits per heavy atom. The Kier molecular flexibility index (Phi) is 5.29. The van der Waals surface area contributed by atoms with Crippen LogP contribution in [0.1, 0.15) is 15.9 Å². The second-order valence-electron chi connectivity index (χ2n) is 4.68. The molecule has 110 valence electrons. The third kappa shape index (κ3) is 4.57. The van der Waals surface area contributed by atoms with Gasteiger partial charge in [0.05, 0.1) is 18.5 Å². The molecule has 2 rings (SSSR count). The minimum Gasteiger partial charge on any atom is -0.383 e. The van der Waals surface area contributed by atoms with Gasteiger partial charge in [0.15, 0.2) is 0 Å². The Morgan fingerprint density at radius 1 is 1.29 bits per heavy atom. The molecule has 0 saturated carbocycles. The number of benzene rings is 1. The molecule has 2 N–H and O–H groups in total. The maximum absolute atomic E-state index is 12.1. The average Bonchev–Trinajstić information content (AvgIpc) is 2.49. The lowest BCUT2D eigenvalue weighted by Crippen LogP contribution is -2.13. The van der Waals surface area contributed by atoms with Crippen molar-refractivity contribution in [3.8, 4) is 0 Å². The van der Waals surface area contributed by atoms with Crippen molar-refractivity contribution in [2.45, 2.75) is 6.92 Å². The Bertz CT molecular complexity index is 597. The number of nitrogens with one attached hydrogen (secondary N) is 2. The fraction of sp³-hybridized carbons (Fsp3) is 0.250. The third-order valence-electron chi connectivity index (χ3n) is 2.91. The molecule has 1 amide bonds. The molecule has 21 heavy (non-hydrogen) atoms. The summed E-state index contributed by atoms with van der Waals surface area (Å²) in [4.78, 5) is 16.3. The van der Waals surface area contributed by atoms with E-state index < -0.39 is 0 Å². The van der Waals surface area contributed by atoms with E-state index in [1.807, 2.05) is 37.3 Å². The van der Waals surface area contributed by atoms with Gasteiger partial charge in [-0.3, -0.25) is 4.79 Å². The Morgan fingerprint density at radius 3 is 2.81 bits per heavy atom. The summed E-state index contributed by atoms with van der Waals surface area (Å²) in [6.07, 6.45) is 1.63. The van der Waals surface area contributed by atoms with Crippen LogP contribution in [0.2, 0.25) is 0 Å². The topological polar surface area (TPSA) is 63.2 Å². The van der Waals surface area contributed by atoms with Crippen molar-refractivity contribution in [3.63, 3.8) is 0 Å². The molecule has 1 aromatic carbocycles. The molecule has 0 aliphatic rings. The lowest BCUT2D eigenvalue weighted by Gasteiger charge is -2.08. The first-order chi connectivity index (χ1) is 10.2. The summed E-state index contributed by atoms with van der Waals surface area (Å²) in [5.74, 6) is 0.612. The van der Waals surface area contributed by atoms with E-state index in [1.54, 1.807) is 19.4 Å². The molecule has 5 heteroatoms. The first-order valence-electron chi connectivity index (χ1n) is 6.76. The van der Waals surface area contributed by atoms with Crippen molar-refractivity contribution in [1.82, 2.24) is 4.98 Å². The lowest BCUT2D eigenvalue weighted by atomic mass is 10.1. The highest BCUT2D eigenvalue weighted by molar-refractivity contribution is 6.04. The van der Waals surface area contributed by atoms with Gasteiger partial charge in [0.2, 0.25) is 0 Å². The minimum absolute atomic E-state index is 0.138. The van der Waals surface area contributed by atoms with Gasteiger partial charge >= 0.3 is 0 Å². The normalized spacial score (nSPS) is 10.2. The molecule has 0 saturated heterocycles. The number of methoxy groups -OCH3 is 1. The van der Waals surface area contributed by atoms with Crippen LogP contribution in [-0.2, 0) is 4.74 Å². The Labute approximate surface area is 124 Å². The van der Waals surface area contributed by atoms with Crippen molar-refractivity contribution >= 4 is 17.4 Å². The maximum Gasteiger partial charge on any atom is 0.255 e. The van der Waals surface area contributed by atoms with Crippen molar-refractivity contribution in [3.05, 3.63) is 53.7 Å². The van der Waals surface area contributed by atoms with Gasteiger partial charge in [-0.1, -0.05) is 17.7 Å². The van der Waals surface area contributed by atoms with Gasteiger partial charge in [0.25, 0.3) is 5.91 Å². The van der Waals surface area contributed by atoms with Crippen LogP contribution in [0.15, 0.2) is 42.6 Å². The number of rotatable bonds is 6. The molecule has 1 aromatic heterocycles. The second-order valence-corrected chi connectivity index (χ2v) is 4.68. The van der Waals surface area contributed by atoms with Gasteiger partial charge in [-0.25, -0.2) is 4.98 Å². The average molecular weight is 285 g/mol. The highest BCUT2D eigenvalue weighted by atomic mass is 16.5. The van der Waals surface area contributed by atoms with Crippen LogP contribution in [-0.4, -0.2) is 31.2 Å². The Balaban J connectivity index is 1.95. The van der Waals surface area contributed by atoms with Crippen LogP contribution in [0.3, 0.4) is 0 Å². The number of aryl methyl sites for hydroxylation is 1. The van der Waals surface area contributed by atoms with Gasteiger partial charge in [-0.05, 0) is 31.2 Å². The standard InChI is InChI=1S/C16H19N3O2/c1-12-4-3-5-13(10-12)16(20)19-14-6-7-15(18-11-14)17-8-9-21-2/h3-7,10-11H,8-9H2,1-2H3,(H,17,18)(H,19,20). The fourth-order valence-electron chi connectivity index (χ4n) is 1.84. The summed E-state index contributed by atoms with van der Waals surface area (Å²) in [7, 11) is 1.65. The number of anilines is 2. The van der Waals surface area contributed by atoms with Crippen LogP contribution in [0.25, 0.3) is 0 Å². The molecule has 0 bridgehead atoms. The molecule has 0 fully saturated rings. The van der Waals surface area contributed by atoms with E-state index in [1.165, 1.54) is 0 Å². The summed E-state index contributed by atoms with van der Waals surface area (Å²) >= 11 is 0. The summed E-state index contributed by atoms with van der Waals surface area (Å²) in [5.41, 5.74) is 2.36. The number of amides is 1. The van der Waals surface area contributed by atoms with Crippen LogP contribution in [0, 0.1) is 6.92 Å². The third-order valence-corrected chi connectivity index (χ3v) is 2.91. The zero-order valence-electron chi connectivity index (χ0n) is 12.2. The number of carbonyl (C=O) groups excluding carboxylic acids is 1. The van der Waals surface area contributed by atoms with Crippen LogP contribution < -0.4 is 10.6 Å². The van der Waals surface area contributed by atoms with Crippen LogP contribution in [0.4, 0.5) is 11.5 Å². The summed E-state index contributed by atoms with van der Waals surface area (Å²) in [5, 5.41) is 5.94. The molecule has 0 radical (unpaired) electrons. The lowest BCUT2D eigenvalue weighted by molar-refractivity contribution is 0.102. The minimum atomic E-state index is -0.138. The number of aromatic nitrogens is 1. The molecule has 0 atom stereocenters. The molecule has 0 spiro atoms. The predicted molar refractivity (Wildman–Crippen MR) is 83.7 cm³/mol. The van der Waals surface area contributed by atoms with Gasteiger partial charge in [0, 0.05) is 19.2 Å². The van der Waals surface area contributed by atoms with E-state index in [-0.39, 0.29) is 5.91 Å². The molecule has 0 unspecified atom stereocenters. The number of hydrogen-bond acceptors (Lipinski definition) is 4. The molecule has 5 nitrogen and oxygen atoms in total. The van der Waals surface area contributed by atoms with Crippen molar-refractivity contribution in [2.24, 2.45) is 0 Å². The molecule has 1 heterocycles. The summed E-state index contributed by atoms with van der Waals surface area (Å²) < 4.78 is 4.95. The Hall–Kier alpha value is -2.40. The van der Waals surface area contributed by atoms with Gasteiger partial charge in [0.1, 0.15) is 5.82 Å². The SMILES string of the molecule is COCCNc1ccc(NC(=O)c2cccc(C)c2)cn1. The van der Waals surface area contributed by atoms with E-state index in [4.69, 9.17) is 4.74 Å². The number of carbonyl (C=O) groups is 1. The highest BCUT2D eigenvalue weighted by Crippen LogP contribution is 2.12. The predicted octanol–water partition coefficient (Wildman–Crippen LogP) is 2.70. The maximum atomic E-state index is 12.1. The van der Waals surface area contributed by atoms with Gasteiger partial charge < -0.3 is 15.4 Å².